The zero-order valence-electron chi connectivity index (χ0n) is 2.62. The van der Waals surface area contributed by atoms with E-state index in [0.717, 1.165) is 0 Å². The first-order valence-electron chi connectivity index (χ1n) is 1.18. The van der Waals surface area contributed by atoms with Crippen LogP contribution in [0.5, 0.6) is 0 Å². The van der Waals surface area contributed by atoms with E-state index in [1.54, 1.807) is 0 Å². The molecular formula is C2H3BF2-. The van der Waals surface area contributed by atoms with Crippen molar-refractivity contribution >= 4 is 7.27 Å². The molecule has 0 rings (SSSR count). The van der Waals surface area contributed by atoms with E-state index in [4.69, 9.17) is 0 Å². The Hall–Kier alpha value is -0.335. The van der Waals surface area contributed by atoms with Crippen LogP contribution in [-0.4, -0.2) is 7.27 Å². The average molecular weight is 75.9 g/mol. The predicted molar refractivity (Wildman–Crippen MR) is 18.2 cm³/mol. The van der Waals surface area contributed by atoms with Gasteiger partial charge in [0.25, 0.3) is 7.27 Å². The molecule has 0 aromatic heterocycles. The maximum atomic E-state index is 10.6. The van der Waals surface area contributed by atoms with Gasteiger partial charge in [-0.3, -0.25) is 0 Å². The van der Waals surface area contributed by atoms with E-state index in [9.17, 15) is 8.63 Å². The Balaban J connectivity index is 2.83. The Bertz CT molecular complexity index is 34.6. The Morgan fingerprint density at radius 2 is 1.80 bits per heavy atom. The highest BCUT2D eigenvalue weighted by Gasteiger charge is 1.74. The molecule has 0 saturated heterocycles. The van der Waals surface area contributed by atoms with Crippen LogP contribution in [0.4, 0.5) is 8.63 Å². The molecule has 0 N–H and O–H groups in total. The molecule has 0 unspecified atom stereocenters. The second kappa shape index (κ2) is 1.94. The van der Waals surface area contributed by atoms with Crippen LogP contribution in [0.25, 0.3) is 0 Å². The Morgan fingerprint density at radius 3 is 1.80 bits per heavy atom. The van der Waals surface area contributed by atoms with E-state index in [-0.39, 0.29) is 0 Å². The maximum absolute atomic E-state index is 10.6. The van der Waals surface area contributed by atoms with Gasteiger partial charge in [-0.25, -0.2) is 5.98 Å². The fourth-order valence-corrected chi connectivity index (χ4v) is 0. The van der Waals surface area contributed by atoms with Crippen molar-refractivity contribution in [1.29, 1.82) is 0 Å². The van der Waals surface area contributed by atoms with Crippen molar-refractivity contribution in [3.05, 3.63) is 12.6 Å². The van der Waals surface area contributed by atoms with Gasteiger partial charge >= 0.3 is 0 Å². The summed E-state index contributed by atoms with van der Waals surface area (Å²) >= 11 is 0. The fourth-order valence-electron chi connectivity index (χ4n) is 0. The van der Waals surface area contributed by atoms with Gasteiger partial charge in [0.05, 0.1) is 0 Å². The quantitative estimate of drug-likeness (QED) is 0.410. The summed E-state index contributed by atoms with van der Waals surface area (Å²) in [7, 11) is -2.35. The third kappa shape index (κ3) is 3.66. The first-order chi connectivity index (χ1) is 2.27. The fraction of sp³-hybridized carbons (Fsp3) is 0. The molecule has 0 bridgehead atoms. The summed E-state index contributed by atoms with van der Waals surface area (Å²) in [6, 6.07) is 0. The van der Waals surface area contributed by atoms with Crippen molar-refractivity contribution < 1.29 is 8.63 Å². The normalized spacial score (nSPS) is 8.60. The van der Waals surface area contributed by atoms with Gasteiger partial charge in [-0.1, -0.05) is 0 Å². The molecule has 0 aromatic carbocycles. The Labute approximate surface area is 29.7 Å². The lowest BCUT2D eigenvalue weighted by Gasteiger charge is -1.90. The average Bonchev–Trinajstić information content (AvgIpc) is 1.38. The Kier molecular flexibility index (Phi) is 1.81. The number of halogens is 2. The van der Waals surface area contributed by atoms with E-state index >= 15 is 0 Å². The van der Waals surface area contributed by atoms with Crippen LogP contribution in [0, 0.1) is 0 Å². The summed E-state index contributed by atoms with van der Waals surface area (Å²) in [5, 5.41) is 0. The van der Waals surface area contributed by atoms with Crippen molar-refractivity contribution in [2.75, 3.05) is 0 Å². The van der Waals surface area contributed by atoms with Gasteiger partial charge < -0.3 is 8.63 Å². The lowest BCUT2D eigenvalue weighted by Crippen LogP contribution is -1.84. The van der Waals surface area contributed by atoms with Gasteiger partial charge in [0.1, 0.15) is 0 Å². The molecule has 0 aliphatic heterocycles. The first kappa shape index (κ1) is 4.66. The molecule has 0 nitrogen and oxygen atoms in total. The third-order valence-electron chi connectivity index (χ3n) is 0.178. The summed E-state index contributed by atoms with van der Waals surface area (Å²) in [5.74, 6) is 0.583. The molecule has 0 atom stereocenters. The zero-order chi connectivity index (χ0) is 4.28. The molecule has 0 fully saturated rings. The van der Waals surface area contributed by atoms with E-state index in [1.165, 1.54) is 0 Å². The number of hydrogen-bond donors (Lipinski definition) is 0. The Morgan fingerprint density at radius 1 is 1.60 bits per heavy atom. The van der Waals surface area contributed by atoms with Crippen molar-refractivity contribution in [2.45, 2.75) is 0 Å². The molecule has 0 amide bonds. The van der Waals surface area contributed by atoms with Crippen LogP contribution < -0.4 is 0 Å². The molecular weight excluding hydrogens is 72.8 g/mol. The van der Waals surface area contributed by atoms with Crippen molar-refractivity contribution in [3.8, 4) is 0 Å². The van der Waals surface area contributed by atoms with Crippen LogP contribution >= 0.6 is 0 Å². The van der Waals surface area contributed by atoms with E-state index in [2.05, 4.69) is 6.58 Å². The van der Waals surface area contributed by atoms with E-state index < -0.39 is 7.27 Å². The smallest absolute Gasteiger partial charge is 0.252 e. The molecule has 0 aliphatic carbocycles. The lowest BCUT2D eigenvalue weighted by molar-refractivity contribution is 0.683. The maximum Gasteiger partial charge on any atom is 0.252 e. The molecule has 0 heterocycles. The highest BCUT2D eigenvalue weighted by atomic mass is 19.2. The summed E-state index contributed by atoms with van der Waals surface area (Å²) in [5.41, 5.74) is 0. The first-order valence-corrected chi connectivity index (χ1v) is 1.18. The second-order valence-electron chi connectivity index (χ2n) is 0.570. The lowest BCUT2D eigenvalue weighted by atomic mass is 10.0. The van der Waals surface area contributed by atoms with Crippen molar-refractivity contribution in [3.63, 3.8) is 0 Å². The van der Waals surface area contributed by atoms with Gasteiger partial charge in [-0.15, -0.1) is 6.58 Å². The second-order valence-corrected chi connectivity index (χ2v) is 0.570. The molecule has 0 spiro atoms. The summed E-state index contributed by atoms with van der Waals surface area (Å²) in [6.45, 7) is 2.81. The monoisotopic (exact) mass is 76.0 g/mol. The van der Waals surface area contributed by atoms with E-state index in [1.807, 2.05) is 0 Å². The van der Waals surface area contributed by atoms with Crippen LogP contribution in [0.1, 0.15) is 0 Å². The van der Waals surface area contributed by atoms with Gasteiger partial charge in [0, 0.05) is 0 Å². The minimum atomic E-state index is -2.35. The molecule has 0 saturated carbocycles. The third-order valence-corrected chi connectivity index (χ3v) is 0.178. The molecule has 1 radical (unpaired) electrons. The van der Waals surface area contributed by atoms with Gasteiger partial charge in [-0.05, 0) is 0 Å². The van der Waals surface area contributed by atoms with Gasteiger partial charge in [-0.2, -0.15) is 0 Å². The largest absolute Gasteiger partial charge is 0.505 e. The number of rotatable bonds is 1. The van der Waals surface area contributed by atoms with Gasteiger partial charge in [0.2, 0.25) is 0 Å². The predicted octanol–water partition coefficient (Wildman–Crippen LogP) is 1.14. The van der Waals surface area contributed by atoms with Crippen LogP contribution in [0.15, 0.2) is 12.6 Å². The molecule has 0 aromatic rings. The molecule has 0 aliphatic rings. The molecule has 29 valence electrons. The zero-order valence-corrected chi connectivity index (χ0v) is 2.62. The standard InChI is InChI=1S/C2H3BF2/c1-2-3(4)5/h2H,1H2/q-1. The minimum absolute atomic E-state index is 0.583. The summed E-state index contributed by atoms with van der Waals surface area (Å²) in [6.07, 6.45) is 0. The van der Waals surface area contributed by atoms with Crippen LogP contribution in [-0.2, 0) is 0 Å². The summed E-state index contributed by atoms with van der Waals surface area (Å²) in [4.78, 5) is 0. The van der Waals surface area contributed by atoms with E-state index in [0.29, 0.717) is 5.98 Å². The SMILES string of the molecule is C=C[B-](F)F. The highest BCUT2D eigenvalue weighted by molar-refractivity contribution is 6.48. The highest BCUT2D eigenvalue weighted by Crippen LogP contribution is 1.81. The van der Waals surface area contributed by atoms with Crippen molar-refractivity contribution in [1.82, 2.24) is 0 Å². The van der Waals surface area contributed by atoms with Crippen molar-refractivity contribution in [2.24, 2.45) is 0 Å². The molecule has 5 heavy (non-hydrogen) atoms. The van der Waals surface area contributed by atoms with Crippen LogP contribution in [0.2, 0.25) is 0 Å². The molecule has 3 heteroatoms. The van der Waals surface area contributed by atoms with Gasteiger partial charge in [0.15, 0.2) is 0 Å². The topological polar surface area (TPSA) is 0 Å². The summed E-state index contributed by atoms with van der Waals surface area (Å²) < 4.78 is 21.3. The number of hydrogen-bond acceptors (Lipinski definition) is 0. The van der Waals surface area contributed by atoms with Crippen LogP contribution in [0.3, 0.4) is 0 Å². The minimum Gasteiger partial charge on any atom is -0.505 e.